The van der Waals surface area contributed by atoms with Crippen LogP contribution in [0.25, 0.3) is 5.65 Å². The first-order valence-corrected chi connectivity index (χ1v) is 6.04. The third-order valence-electron chi connectivity index (χ3n) is 3.66. The first kappa shape index (κ1) is 12.0. The lowest BCUT2D eigenvalue weighted by atomic mass is 9.81. The smallest absolute Gasteiger partial charge is 0.163 e. The normalized spacial score (nSPS) is 12.2. The van der Waals surface area contributed by atoms with Crippen molar-refractivity contribution in [2.45, 2.75) is 39.0 Å². The summed E-state index contributed by atoms with van der Waals surface area (Å²) in [5, 5.41) is 8.52. The molecule has 2 aromatic rings. The van der Waals surface area contributed by atoms with Crippen LogP contribution < -0.4 is 5.73 Å². The highest BCUT2D eigenvalue weighted by Crippen LogP contribution is 2.29. The summed E-state index contributed by atoms with van der Waals surface area (Å²) in [6.45, 7) is 6.80. The summed E-state index contributed by atoms with van der Waals surface area (Å²) in [5.74, 6) is 0.924. The van der Waals surface area contributed by atoms with E-state index in [4.69, 9.17) is 5.73 Å². The van der Waals surface area contributed by atoms with Gasteiger partial charge in [0.2, 0.25) is 0 Å². The van der Waals surface area contributed by atoms with E-state index in [-0.39, 0.29) is 5.41 Å². The lowest BCUT2D eigenvalue weighted by Crippen LogP contribution is -2.36. The number of nitrogens with zero attached hydrogens (tertiary/aromatic N) is 4. The summed E-state index contributed by atoms with van der Waals surface area (Å²) in [4.78, 5) is 4.30. The van der Waals surface area contributed by atoms with E-state index in [0.717, 1.165) is 30.0 Å². The lowest BCUT2D eigenvalue weighted by molar-refractivity contribution is 0.379. The van der Waals surface area contributed by atoms with Gasteiger partial charge in [-0.2, -0.15) is 0 Å². The predicted molar refractivity (Wildman–Crippen MR) is 66.8 cm³/mol. The first-order chi connectivity index (χ1) is 8.16. The Morgan fingerprint density at radius 2 is 2.00 bits per heavy atom. The molecule has 0 aromatic carbocycles. The van der Waals surface area contributed by atoms with Gasteiger partial charge >= 0.3 is 0 Å². The van der Waals surface area contributed by atoms with Crippen LogP contribution in [0.5, 0.6) is 0 Å². The van der Waals surface area contributed by atoms with Crippen LogP contribution in [0.15, 0.2) is 12.4 Å². The highest BCUT2D eigenvalue weighted by Gasteiger charge is 2.32. The van der Waals surface area contributed by atoms with Crippen molar-refractivity contribution in [2.75, 3.05) is 6.54 Å². The van der Waals surface area contributed by atoms with Crippen LogP contribution in [0.2, 0.25) is 0 Å². The van der Waals surface area contributed by atoms with E-state index >= 15 is 0 Å². The van der Waals surface area contributed by atoms with Crippen molar-refractivity contribution in [1.29, 1.82) is 0 Å². The zero-order valence-corrected chi connectivity index (χ0v) is 10.6. The maximum absolute atomic E-state index is 5.94. The first-order valence-electron chi connectivity index (χ1n) is 6.04. The number of hydrogen-bond acceptors (Lipinski definition) is 4. The van der Waals surface area contributed by atoms with Crippen LogP contribution in [0.1, 0.15) is 38.2 Å². The number of rotatable bonds is 4. The number of aryl methyl sites for hydroxylation is 1. The van der Waals surface area contributed by atoms with E-state index in [1.54, 1.807) is 6.33 Å². The largest absolute Gasteiger partial charge is 0.329 e. The van der Waals surface area contributed by atoms with Crippen LogP contribution >= 0.6 is 0 Å². The minimum atomic E-state index is -0.101. The molecule has 0 bridgehead atoms. The average Bonchev–Trinajstić information content (AvgIpc) is 2.76. The fourth-order valence-corrected chi connectivity index (χ4v) is 2.20. The summed E-state index contributed by atoms with van der Waals surface area (Å²) < 4.78 is 1.95. The van der Waals surface area contributed by atoms with Gasteiger partial charge in [-0.25, -0.2) is 4.98 Å². The maximum Gasteiger partial charge on any atom is 0.163 e. The van der Waals surface area contributed by atoms with Crippen molar-refractivity contribution in [3.05, 3.63) is 23.9 Å². The molecule has 0 unspecified atom stereocenters. The molecule has 0 spiro atoms. The third-order valence-corrected chi connectivity index (χ3v) is 3.66. The van der Waals surface area contributed by atoms with Crippen LogP contribution in [0, 0.1) is 6.92 Å². The summed E-state index contributed by atoms with van der Waals surface area (Å²) in [6.07, 6.45) is 3.69. The van der Waals surface area contributed by atoms with E-state index in [2.05, 4.69) is 29.0 Å². The predicted octanol–water partition coefficient (Wildman–Crippen LogP) is 1.45. The SMILES string of the molecule is CCC(CC)(CN)c1nnc2cc(C)ncn12. The zero-order chi connectivity index (χ0) is 12.5. The molecule has 2 aromatic heterocycles. The molecule has 5 heteroatoms. The van der Waals surface area contributed by atoms with Crippen molar-refractivity contribution < 1.29 is 0 Å². The van der Waals surface area contributed by atoms with E-state index in [9.17, 15) is 0 Å². The molecule has 2 N–H and O–H groups in total. The molecule has 0 fully saturated rings. The molecule has 0 amide bonds. The van der Waals surface area contributed by atoms with E-state index in [1.165, 1.54) is 0 Å². The van der Waals surface area contributed by atoms with Gasteiger partial charge in [0.25, 0.3) is 0 Å². The fourth-order valence-electron chi connectivity index (χ4n) is 2.20. The number of aromatic nitrogens is 4. The van der Waals surface area contributed by atoms with Crippen LogP contribution in [-0.2, 0) is 5.41 Å². The van der Waals surface area contributed by atoms with Gasteiger partial charge in [0, 0.05) is 23.7 Å². The van der Waals surface area contributed by atoms with Gasteiger partial charge in [-0.15, -0.1) is 10.2 Å². The Bertz CT molecular complexity index is 504. The van der Waals surface area contributed by atoms with Crippen molar-refractivity contribution >= 4 is 5.65 Å². The Morgan fingerprint density at radius 3 is 2.59 bits per heavy atom. The molecule has 0 atom stereocenters. The topological polar surface area (TPSA) is 69.1 Å². The molecule has 0 radical (unpaired) electrons. The molecular weight excluding hydrogens is 214 g/mol. The fraction of sp³-hybridized carbons (Fsp3) is 0.583. The quantitative estimate of drug-likeness (QED) is 0.867. The molecule has 92 valence electrons. The van der Waals surface area contributed by atoms with Gasteiger partial charge in [-0.3, -0.25) is 4.40 Å². The Labute approximate surface area is 101 Å². The maximum atomic E-state index is 5.94. The van der Waals surface area contributed by atoms with Gasteiger partial charge in [0.15, 0.2) is 5.65 Å². The second-order valence-electron chi connectivity index (χ2n) is 4.47. The monoisotopic (exact) mass is 233 g/mol. The number of hydrogen-bond donors (Lipinski definition) is 1. The van der Waals surface area contributed by atoms with Crippen molar-refractivity contribution in [3.8, 4) is 0 Å². The molecular formula is C12H19N5. The van der Waals surface area contributed by atoms with Crippen LogP contribution in [-0.4, -0.2) is 26.1 Å². The minimum Gasteiger partial charge on any atom is -0.329 e. The second kappa shape index (κ2) is 4.41. The summed E-state index contributed by atoms with van der Waals surface area (Å²) in [6, 6.07) is 1.93. The summed E-state index contributed by atoms with van der Waals surface area (Å²) in [7, 11) is 0. The van der Waals surface area contributed by atoms with E-state index in [0.29, 0.717) is 6.54 Å². The van der Waals surface area contributed by atoms with Crippen LogP contribution in [0.4, 0.5) is 0 Å². The Balaban J connectivity index is 2.62. The van der Waals surface area contributed by atoms with Crippen molar-refractivity contribution in [3.63, 3.8) is 0 Å². The lowest BCUT2D eigenvalue weighted by Gasteiger charge is -2.27. The second-order valence-corrected chi connectivity index (χ2v) is 4.47. The molecule has 2 heterocycles. The van der Waals surface area contributed by atoms with Crippen molar-refractivity contribution in [2.24, 2.45) is 5.73 Å². The molecule has 5 nitrogen and oxygen atoms in total. The Hall–Kier alpha value is -1.49. The zero-order valence-electron chi connectivity index (χ0n) is 10.6. The third kappa shape index (κ3) is 1.80. The van der Waals surface area contributed by atoms with Gasteiger partial charge in [0.05, 0.1) is 0 Å². The molecule has 0 saturated carbocycles. The molecule has 0 aliphatic heterocycles. The molecule has 0 aliphatic rings. The number of nitrogens with two attached hydrogens (primary N) is 1. The molecule has 17 heavy (non-hydrogen) atoms. The molecule has 2 rings (SSSR count). The Morgan fingerprint density at radius 1 is 1.29 bits per heavy atom. The Kier molecular flexibility index (Phi) is 3.11. The van der Waals surface area contributed by atoms with Crippen LogP contribution in [0.3, 0.4) is 0 Å². The van der Waals surface area contributed by atoms with Gasteiger partial charge in [0.1, 0.15) is 12.2 Å². The highest BCUT2D eigenvalue weighted by molar-refractivity contribution is 5.39. The highest BCUT2D eigenvalue weighted by atomic mass is 15.3. The summed E-state index contributed by atoms with van der Waals surface area (Å²) >= 11 is 0. The molecule has 0 saturated heterocycles. The summed E-state index contributed by atoms with van der Waals surface area (Å²) in [5.41, 5.74) is 7.63. The van der Waals surface area contributed by atoms with Gasteiger partial charge in [-0.05, 0) is 19.8 Å². The average molecular weight is 233 g/mol. The number of fused-ring (bicyclic) bond motifs is 1. The standard InChI is InChI=1S/C12H19N5/c1-4-12(5-2,7-13)11-16-15-10-6-9(3)14-8-17(10)11/h6,8H,4-5,7,13H2,1-3H3. The van der Waals surface area contributed by atoms with Gasteiger partial charge < -0.3 is 5.73 Å². The molecule has 0 aliphatic carbocycles. The van der Waals surface area contributed by atoms with E-state index < -0.39 is 0 Å². The van der Waals surface area contributed by atoms with E-state index in [1.807, 2.05) is 17.4 Å². The minimum absolute atomic E-state index is 0.101. The van der Waals surface area contributed by atoms with Gasteiger partial charge in [-0.1, -0.05) is 13.8 Å². The van der Waals surface area contributed by atoms with Crippen molar-refractivity contribution in [1.82, 2.24) is 19.6 Å².